The lowest BCUT2D eigenvalue weighted by molar-refractivity contribution is 0.256. The van der Waals surface area contributed by atoms with Crippen LogP contribution in [0.25, 0.3) is 0 Å². The monoisotopic (exact) mass is 266 g/mol. The number of carbonyl (C=O) groups excluding carboxylic acids is 1. The number of anilines is 1. The van der Waals surface area contributed by atoms with Gasteiger partial charge < -0.3 is 21.3 Å². The largest absolute Gasteiger partial charge is 0.507 e. The lowest BCUT2D eigenvalue weighted by atomic mass is 10.0. The zero-order valence-corrected chi connectivity index (χ0v) is 10.9. The number of urea groups is 1. The average molecular weight is 266 g/mol. The van der Waals surface area contributed by atoms with Crippen LogP contribution in [0.2, 0.25) is 0 Å². The average Bonchev–Trinajstić information content (AvgIpc) is 2.28. The Morgan fingerprint density at radius 2 is 1.74 bits per heavy atom. The van der Waals surface area contributed by atoms with Gasteiger partial charge in [0.1, 0.15) is 11.5 Å². The first kappa shape index (κ1) is 14.6. The highest BCUT2D eigenvalue weighted by Gasteiger charge is 2.17. The van der Waals surface area contributed by atoms with E-state index in [0.29, 0.717) is 29.7 Å². The molecule has 0 bridgehead atoms. The summed E-state index contributed by atoms with van der Waals surface area (Å²) in [6, 6.07) is 0.563. The Bertz CT molecular complexity index is 486. The molecule has 1 aromatic carbocycles. The fourth-order valence-electron chi connectivity index (χ4n) is 1.88. The summed E-state index contributed by atoms with van der Waals surface area (Å²) in [5, 5.41) is 31.1. The second-order valence-corrected chi connectivity index (χ2v) is 3.95. The summed E-state index contributed by atoms with van der Waals surface area (Å²) in [6.45, 7) is 3.64. The van der Waals surface area contributed by atoms with E-state index >= 15 is 0 Å². The number of aromatic hydroxyl groups is 2. The number of amides is 2. The van der Waals surface area contributed by atoms with Crippen LogP contribution < -0.4 is 16.4 Å². The van der Waals surface area contributed by atoms with Gasteiger partial charge in [-0.1, -0.05) is 13.8 Å². The number of guanidine groups is 1. The van der Waals surface area contributed by atoms with E-state index in [-0.39, 0.29) is 11.5 Å². The molecule has 7 N–H and O–H groups in total. The van der Waals surface area contributed by atoms with Crippen LogP contribution in [0.5, 0.6) is 11.5 Å². The smallest absolute Gasteiger partial charge is 0.326 e. The number of phenolic OH excluding ortho intramolecular Hbond substituents is 2. The highest BCUT2D eigenvalue weighted by molar-refractivity contribution is 6.02. The second-order valence-electron chi connectivity index (χ2n) is 3.95. The third kappa shape index (κ3) is 3.27. The minimum absolute atomic E-state index is 0.0877. The van der Waals surface area contributed by atoms with Gasteiger partial charge in [-0.3, -0.25) is 10.7 Å². The molecule has 0 unspecified atom stereocenters. The normalized spacial score (nSPS) is 10.0. The molecule has 0 radical (unpaired) electrons. The Labute approximate surface area is 110 Å². The SMILES string of the molecule is CCc1c(O)cc(O)c(CC)c1NC(=O)NC(=N)N. The number of benzene rings is 1. The molecule has 0 aliphatic carbocycles. The number of carbonyl (C=O) groups is 1. The molecule has 0 fully saturated rings. The zero-order chi connectivity index (χ0) is 14.6. The second kappa shape index (κ2) is 5.94. The summed E-state index contributed by atoms with van der Waals surface area (Å²) < 4.78 is 0. The number of hydrogen-bond acceptors (Lipinski definition) is 4. The van der Waals surface area contributed by atoms with E-state index in [9.17, 15) is 15.0 Å². The van der Waals surface area contributed by atoms with Crippen molar-refractivity contribution in [3.63, 3.8) is 0 Å². The van der Waals surface area contributed by atoms with Gasteiger partial charge >= 0.3 is 6.03 Å². The van der Waals surface area contributed by atoms with Crippen molar-refractivity contribution >= 4 is 17.7 Å². The molecule has 104 valence electrons. The van der Waals surface area contributed by atoms with Gasteiger partial charge in [-0.25, -0.2) is 4.79 Å². The first-order chi connectivity index (χ1) is 8.90. The van der Waals surface area contributed by atoms with Crippen molar-refractivity contribution in [1.29, 1.82) is 5.41 Å². The molecular weight excluding hydrogens is 248 g/mol. The van der Waals surface area contributed by atoms with Crippen LogP contribution in [-0.2, 0) is 12.8 Å². The molecule has 0 atom stereocenters. The van der Waals surface area contributed by atoms with Gasteiger partial charge in [0.05, 0.1) is 5.69 Å². The van der Waals surface area contributed by atoms with Crippen molar-refractivity contribution in [2.75, 3.05) is 5.32 Å². The van der Waals surface area contributed by atoms with Gasteiger partial charge in [-0.15, -0.1) is 0 Å². The topological polar surface area (TPSA) is 131 Å². The highest BCUT2D eigenvalue weighted by atomic mass is 16.3. The maximum atomic E-state index is 11.6. The first-order valence-electron chi connectivity index (χ1n) is 5.89. The van der Waals surface area contributed by atoms with Gasteiger partial charge in [0.2, 0.25) is 0 Å². The summed E-state index contributed by atoms with van der Waals surface area (Å²) in [5.74, 6) is -0.663. The third-order valence-corrected chi connectivity index (χ3v) is 2.69. The van der Waals surface area contributed by atoms with E-state index in [4.69, 9.17) is 11.1 Å². The van der Waals surface area contributed by atoms with Crippen molar-refractivity contribution in [2.24, 2.45) is 5.73 Å². The van der Waals surface area contributed by atoms with Crippen molar-refractivity contribution in [3.05, 3.63) is 17.2 Å². The van der Waals surface area contributed by atoms with Crippen LogP contribution in [0.1, 0.15) is 25.0 Å². The lowest BCUT2D eigenvalue weighted by Gasteiger charge is -2.17. The molecule has 0 spiro atoms. The molecule has 0 aliphatic heterocycles. The molecule has 19 heavy (non-hydrogen) atoms. The fourth-order valence-corrected chi connectivity index (χ4v) is 1.88. The van der Waals surface area contributed by atoms with Crippen molar-refractivity contribution in [1.82, 2.24) is 5.32 Å². The Hall–Kier alpha value is -2.44. The van der Waals surface area contributed by atoms with Crippen LogP contribution >= 0.6 is 0 Å². The predicted octanol–water partition coefficient (Wildman–Crippen LogP) is 1.24. The molecule has 0 saturated heterocycles. The number of nitrogens with two attached hydrogens (primary N) is 1. The van der Waals surface area contributed by atoms with Crippen LogP contribution in [-0.4, -0.2) is 22.2 Å². The minimum Gasteiger partial charge on any atom is -0.507 e. The van der Waals surface area contributed by atoms with E-state index in [0.717, 1.165) is 0 Å². The number of rotatable bonds is 3. The van der Waals surface area contributed by atoms with Gasteiger partial charge in [-0.2, -0.15) is 0 Å². The molecule has 1 rings (SSSR count). The summed E-state index contributed by atoms with van der Waals surface area (Å²) >= 11 is 0. The molecule has 2 amide bonds. The van der Waals surface area contributed by atoms with Gasteiger partial charge in [0, 0.05) is 17.2 Å². The quantitative estimate of drug-likeness (QED) is 0.363. The molecule has 0 heterocycles. The van der Waals surface area contributed by atoms with E-state index in [2.05, 4.69) is 10.6 Å². The van der Waals surface area contributed by atoms with E-state index in [1.54, 1.807) is 0 Å². The molecule has 0 aromatic heterocycles. The van der Waals surface area contributed by atoms with E-state index < -0.39 is 12.0 Å². The van der Waals surface area contributed by atoms with Crippen molar-refractivity contribution in [3.8, 4) is 11.5 Å². The van der Waals surface area contributed by atoms with E-state index in [1.165, 1.54) is 6.07 Å². The van der Waals surface area contributed by atoms with Crippen LogP contribution in [0.15, 0.2) is 6.07 Å². The molecule has 7 nitrogen and oxygen atoms in total. The van der Waals surface area contributed by atoms with E-state index in [1.807, 2.05) is 13.8 Å². The molecule has 0 saturated carbocycles. The maximum absolute atomic E-state index is 11.6. The highest BCUT2D eigenvalue weighted by Crippen LogP contribution is 2.37. The maximum Gasteiger partial charge on any atom is 0.326 e. The summed E-state index contributed by atoms with van der Waals surface area (Å²) in [4.78, 5) is 11.6. The molecular formula is C12H18N4O3. The Balaban J connectivity index is 3.22. The standard InChI is InChI=1S/C12H18N4O3/c1-3-6-8(17)5-9(18)7(4-2)10(6)15-12(19)16-11(13)14/h5,17-18H,3-4H2,1-2H3,(H5,13,14,15,16,19). The Kier molecular flexibility index (Phi) is 4.57. The summed E-state index contributed by atoms with van der Waals surface area (Å²) in [5.41, 5.74) is 6.45. The number of phenols is 2. The molecule has 7 heteroatoms. The Morgan fingerprint density at radius 3 is 2.11 bits per heavy atom. The van der Waals surface area contributed by atoms with Gasteiger partial charge in [0.25, 0.3) is 0 Å². The predicted molar refractivity (Wildman–Crippen MR) is 72.6 cm³/mol. The van der Waals surface area contributed by atoms with Gasteiger partial charge in [-0.05, 0) is 12.8 Å². The molecule has 0 aliphatic rings. The molecule has 1 aromatic rings. The van der Waals surface area contributed by atoms with Gasteiger partial charge in [0.15, 0.2) is 5.96 Å². The first-order valence-corrected chi connectivity index (χ1v) is 5.89. The Morgan fingerprint density at radius 1 is 1.26 bits per heavy atom. The van der Waals surface area contributed by atoms with Crippen molar-refractivity contribution in [2.45, 2.75) is 26.7 Å². The minimum atomic E-state index is -0.693. The number of nitrogens with one attached hydrogen (secondary N) is 3. The van der Waals surface area contributed by atoms with Crippen molar-refractivity contribution < 1.29 is 15.0 Å². The zero-order valence-electron chi connectivity index (χ0n) is 10.9. The van der Waals surface area contributed by atoms with Crippen LogP contribution in [0.3, 0.4) is 0 Å². The summed E-state index contributed by atoms with van der Waals surface area (Å²) in [7, 11) is 0. The van der Waals surface area contributed by atoms with Crippen LogP contribution in [0, 0.1) is 5.41 Å². The van der Waals surface area contributed by atoms with Crippen LogP contribution in [0.4, 0.5) is 10.5 Å². The summed E-state index contributed by atoms with van der Waals surface area (Å²) in [6.07, 6.45) is 0.962. The third-order valence-electron chi connectivity index (χ3n) is 2.69. The lowest BCUT2D eigenvalue weighted by Crippen LogP contribution is -2.39. The number of hydrogen-bond donors (Lipinski definition) is 6. The fraction of sp³-hybridized carbons (Fsp3) is 0.333.